The first-order valence-corrected chi connectivity index (χ1v) is 7.51. The van der Waals surface area contributed by atoms with E-state index < -0.39 is 12.0 Å². The van der Waals surface area contributed by atoms with Gasteiger partial charge < -0.3 is 14.9 Å². The van der Waals surface area contributed by atoms with Crippen molar-refractivity contribution in [2.45, 2.75) is 38.3 Å². The van der Waals surface area contributed by atoms with Gasteiger partial charge in [0.15, 0.2) is 6.04 Å². The van der Waals surface area contributed by atoms with Gasteiger partial charge >= 0.3 is 12.0 Å². The van der Waals surface area contributed by atoms with Crippen LogP contribution in [-0.4, -0.2) is 46.0 Å². The third-order valence-corrected chi connectivity index (χ3v) is 4.34. The Morgan fingerprint density at radius 1 is 1.33 bits per heavy atom. The van der Waals surface area contributed by atoms with Crippen LogP contribution in [-0.2, 0) is 11.2 Å². The lowest BCUT2D eigenvalue weighted by Gasteiger charge is -2.38. The Balaban J connectivity index is 1.91. The van der Waals surface area contributed by atoms with Crippen LogP contribution in [0.15, 0.2) is 24.3 Å². The number of carbonyl (C=O) groups excluding carboxylic acids is 1. The number of carboxylic acids is 1. The molecule has 1 unspecified atom stereocenters. The molecule has 5 nitrogen and oxygen atoms in total. The van der Waals surface area contributed by atoms with Gasteiger partial charge in [-0.3, -0.25) is 0 Å². The largest absolute Gasteiger partial charge is 0.479 e. The molecule has 1 N–H and O–H groups in total. The smallest absolute Gasteiger partial charge is 0.331 e. The standard InChI is InChI=1S/C16H20N2O3/c1-2-17(12-7-8-12)16(21)18-10-9-11-5-3-4-6-13(11)14(18)15(19)20/h3-6,12,14H,2,7-10H2,1H3,(H,19,20). The Labute approximate surface area is 124 Å². The predicted molar refractivity (Wildman–Crippen MR) is 78.0 cm³/mol. The van der Waals surface area contributed by atoms with Gasteiger partial charge in [-0.05, 0) is 37.3 Å². The number of hydrogen-bond acceptors (Lipinski definition) is 2. The first kappa shape index (κ1) is 13.9. The molecule has 1 saturated carbocycles. The maximum absolute atomic E-state index is 12.7. The SMILES string of the molecule is CCN(C(=O)N1CCc2ccccc2C1C(=O)O)C1CC1. The number of fused-ring (bicyclic) bond motifs is 1. The minimum atomic E-state index is -0.956. The summed E-state index contributed by atoms with van der Waals surface area (Å²) in [5, 5.41) is 9.60. The summed E-state index contributed by atoms with van der Waals surface area (Å²) in [5.74, 6) is -0.956. The Kier molecular flexibility index (Phi) is 3.57. The molecule has 1 fully saturated rings. The van der Waals surface area contributed by atoms with E-state index in [0.29, 0.717) is 25.6 Å². The average Bonchev–Trinajstić information content (AvgIpc) is 3.31. The predicted octanol–water partition coefficient (Wildman–Crippen LogP) is 2.27. The van der Waals surface area contributed by atoms with E-state index in [1.807, 2.05) is 36.1 Å². The molecule has 1 aliphatic carbocycles. The second-order valence-corrected chi connectivity index (χ2v) is 5.68. The monoisotopic (exact) mass is 288 g/mol. The Hall–Kier alpha value is -2.04. The number of aliphatic carboxylic acids is 1. The first-order chi connectivity index (χ1) is 10.1. The van der Waals surface area contributed by atoms with Crippen LogP contribution in [0.5, 0.6) is 0 Å². The Morgan fingerprint density at radius 2 is 2.05 bits per heavy atom. The summed E-state index contributed by atoms with van der Waals surface area (Å²) >= 11 is 0. The van der Waals surface area contributed by atoms with Crippen LogP contribution in [0.2, 0.25) is 0 Å². The van der Waals surface area contributed by atoms with E-state index in [1.54, 1.807) is 0 Å². The van der Waals surface area contributed by atoms with E-state index in [1.165, 1.54) is 4.90 Å². The van der Waals surface area contributed by atoms with Crippen LogP contribution in [0.25, 0.3) is 0 Å². The average molecular weight is 288 g/mol. The maximum atomic E-state index is 12.7. The summed E-state index contributed by atoms with van der Waals surface area (Å²) in [6.07, 6.45) is 2.78. The van der Waals surface area contributed by atoms with Gasteiger partial charge in [0.25, 0.3) is 0 Å². The zero-order valence-corrected chi connectivity index (χ0v) is 12.2. The van der Waals surface area contributed by atoms with Crippen LogP contribution < -0.4 is 0 Å². The number of carboxylic acid groups (broad SMARTS) is 1. The van der Waals surface area contributed by atoms with Crippen LogP contribution >= 0.6 is 0 Å². The van der Waals surface area contributed by atoms with E-state index in [9.17, 15) is 14.7 Å². The van der Waals surface area contributed by atoms with Crippen molar-refractivity contribution >= 4 is 12.0 Å². The van der Waals surface area contributed by atoms with Crippen molar-refractivity contribution in [3.05, 3.63) is 35.4 Å². The molecule has 3 rings (SSSR count). The van der Waals surface area contributed by atoms with Crippen molar-refractivity contribution in [1.29, 1.82) is 0 Å². The molecule has 1 aromatic carbocycles. The molecule has 0 spiro atoms. The summed E-state index contributed by atoms with van der Waals surface area (Å²) in [4.78, 5) is 27.8. The van der Waals surface area contributed by atoms with Gasteiger partial charge in [0, 0.05) is 19.1 Å². The molecule has 1 atom stereocenters. The van der Waals surface area contributed by atoms with Gasteiger partial charge in [-0.15, -0.1) is 0 Å². The summed E-state index contributed by atoms with van der Waals surface area (Å²) in [6, 6.07) is 6.82. The first-order valence-electron chi connectivity index (χ1n) is 7.51. The molecule has 1 aliphatic heterocycles. The zero-order chi connectivity index (χ0) is 15.0. The van der Waals surface area contributed by atoms with E-state index in [2.05, 4.69) is 0 Å². The summed E-state index contributed by atoms with van der Waals surface area (Å²) < 4.78 is 0. The number of urea groups is 1. The van der Waals surface area contributed by atoms with Crippen molar-refractivity contribution < 1.29 is 14.7 Å². The van der Waals surface area contributed by atoms with Crippen molar-refractivity contribution in [2.24, 2.45) is 0 Å². The van der Waals surface area contributed by atoms with Gasteiger partial charge in [0.05, 0.1) is 0 Å². The third-order valence-electron chi connectivity index (χ3n) is 4.34. The van der Waals surface area contributed by atoms with Gasteiger partial charge in [-0.25, -0.2) is 9.59 Å². The topological polar surface area (TPSA) is 60.9 Å². The summed E-state index contributed by atoms with van der Waals surface area (Å²) in [7, 11) is 0. The van der Waals surface area contributed by atoms with Crippen LogP contribution in [0.1, 0.15) is 36.9 Å². The number of nitrogens with zero attached hydrogens (tertiary/aromatic N) is 2. The van der Waals surface area contributed by atoms with Crippen molar-refractivity contribution in [2.75, 3.05) is 13.1 Å². The van der Waals surface area contributed by atoms with Crippen molar-refractivity contribution in [3.63, 3.8) is 0 Å². The lowest BCUT2D eigenvalue weighted by atomic mass is 9.93. The highest BCUT2D eigenvalue weighted by atomic mass is 16.4. The quantitative estimate of drug-likeness (QED) is 0.928. The van der Waals surface area contributed by atoms with Crippen LogP contribution in [0.4, 0.5) is 4.79 Å². The molecule has 0 saturated heterocycles. The molecule has 112 valence electrons. The molecule has 5 heteroatoms. The Morgan fingerprint density at radius 3 is 2.67 bits per heavy atom. The number of benzene rings is 1. The molecule has 2 amide bonds. The van der Waals surface area contributed by atoms with Gasteiger partial charge in [-0.1, -0.05) is 24.3 Å². The van der Waals surface area contributed by atoms with Crippen LogP contribution in [0, 0.1) is 0 Å². The summed E-state index contributed by atoms with van der Waals surface area (Å²) in [6.45, 7) is 3.05. The lowest BCUT2D eigenvalue weighted by Crippen LogP contribution is -2.50. The highest BCUT2D eigenvalue weighted by molar-refractivity contribution is 5.85. The van der Waals surface area contributed by atoms with Gasteiger partial charge in [0.1, 0.15) is 0 Å². The molecule has 0 radical (unpaired) electrons. The highest BCUT2D eigenvalue weighted by Crippen LogP contribution is 2.33. The second-order valence-electron chi connectivity index (χ2n) is 5.68. The van der Waals surface area contributed by atoms with Crippen LogP contribution in [0.3, 0.4) is 0 Å². The number of hydrogen-bond donors (Lipinski definition) is 1. The maximum Gasteiger partial charge on any atom is 0.331 e. The molecule has 0 aromatic heterocycles. The Bertz CT molecular complexity index is 568. The fraction of sp³-hybridized carbons (Fsp3) is 0.500. The van der Waals surface area contributed by atoms with E-state index in [4.69, 9.17) is 0 Å². The van der Waals surface area contributed by atoms with E-state index >= 15 is 0 Å². The summed E-state index contributed by atoms with van der Waals surface area (Å²) in [5.41, 5.74) is 1.78. The minimum absolute atomic E-state index is 0.137. The molecule has 2 aliphatic rings. The zero-order valence-electron chi connectivity index (χ0n) is 12.2. The van der Waals surface area contributed by atoms with Gasteiger partial charge in [-0.2, -0.15) is 0 Å². The number of carbonyl (C=O) groups is 2. The normalized spacial score (nSPS) is 20.8. The molecular formula is C16H20N2O3. The molecular weight excluding hydrogens is 268 g/mol. The van der Waals surface area contributed by atoms with Gasteiger partial charge in [0.2, 0.25) is 0 Å². The fourth-order valence-electron chi connectivity index (χ4n) is 3.14. The lowest BCUT2D eigenvalue weighted by molar-refractivity contribution is -0.143. The van der Waals surface area contributed by atoms with E-state index in [-0.39, 0.29) is 6.03 Å². The third kappa shape index (κ3) is 2.48. The molecule has 0 bridgehead atoms. The van der Waals surface area contributed by atoms with Crippen molar-refractivity contribution in [1.82, 2.24) is 9.80 Å². The second kappa shape index (κ2) is 5.39. The van der Waals surface area contributed by atoms with E-state index in [0.717, 1.165) is 24.0 Å². The molecule has 1 aromatic rings. The fourth-order valence-corrected chi connectivity index (χ4v) is 3.14. The number of rotatable bonds is 3. The number of amides is 2. The molecule has 1 heterocycles. The molecule has 21 heavy (non-hydrogen) atoms. The van der Waals surface area contributed by atoms with Crippen molar-refractivity contribution in [3.8, 4) is 0 Å². The minimum Gasteiger partial charge on any atom is -0.479 e. The highest BCUT2D eigenvalue weighted by Gasteiger charge is 2.40.